The quantitative estimate of drug-likeness (QED) is 0.743. The fourth-order valence-electron chi connectivity index (χ4n) is 2.37. The van der Waals surface area contributed by atoms with Crippen LogP contribution >= 0.6 is 0 Å². The fraction of sp³-hybridized carbons (Fsp3) is 0.263. The highest BCUT2D eigenvalue weighted by molar-refractivity contribution is 5.87. The molecule has 0 radical (unpaired) electrons. The summed E-state index contributed by atoms with van der Waals surface area (Å²) >= 11 is 0. The maximum atomic E-state index is 11.0. The molecule has 132 valence electrons. The van der Waals surface area contributed by atoms with Crippen LogP contribution in [0.5, 0.6) is 5.75 Å². The van der Waals surface area contributed by atoms with Crippen molar-refractivity contribution in [2.45, 2.75) is 13.1 Å². The van der Waals surface area contributed by atoms with E-state index >= 15 is 0 Å². The van der Waals surface area contributed by atoms with Crippen LogP contribution in [0.15, 0.2) is 48.5 Å². The van der Waals surface area contributed by atoms with Gasteiger partial charge >= 0.3 is 11.9 Å². The fourth-order valence-corrected chi connectivity index (χ4v) is 2.37. The molecule has 0 aliphatic carbocycles. The Labute approximate surface area is 146 Å². The molecule has 0 bridgehead atoms. The van der Waals surface area contributed by atoms with Gasteiger partial charge in [0.2, 0.25) is 0 Å². The van der Waals surface area contributed by atoms with Gasteiger partial charge in [0, 0.05) is 13.1 Å². The molecule has 1 N–H and O–H groups in total. The standard InChI is InChI=1S/C19H21NO5/c1-20(12-15-4-3-5-16(10-15)19(22)23)11-14-6-8-17(9-7-14)25-13-18(21)24-2/h3-10H,11-13H2,1-2H3,(H,22,23). The van der Waals surface area contributed by atoms with E-state index in [1.54, 1.807) is 30.3 Å². The normalized spacial score (nSPS) is 10.5. The lowest BCUT2D eigenvalue weighted by molar-refractivity contribution is -0.142. The van der Waals surface area contributed by atoms with Crippen molar-refractivity contribution >= 4 is 11.9 Å². The molecule has 0 amide bonds. The average molecular weight is 343 g/mol. The van der Waals surface area contributed by atoms with Gasteiger partial charge in [0.25, 0.3) is 0 Å². The first-order chi connectivity index (χ1) is 12.0. The average Bonchev–Trinajstić information content (AvgIpc) is 2.61. The number of hydrogen-bond donors (Lipinski definition) is 1. The van der Waals surface area contributed by atoms with Crippen molar-refractivity contribution in [2.75, 3.05) is 20.8 Å². The highest BCUT2D eigenvalue weighted by Gasteiger charge is 2.07. The minimum Gasteiger partial charge on any atom is -0.482 e. The van der Waals surface area contributed by atoms with Crippen molar-refractivity contribution in [3.63, 3.8) is 0 Å². The van der Waals surface area contributed by atoms with E-state index in [4.69, 9.17) is 9.84 Å². The zero-order chi connectivity index (χ0) is 18.2. The van der Waals surface area contributed by atoms with Crippen LogP contribution in [-0.2, 0) is 22.6 Å². The molecule has 2 rings (SSSR count). The number of benzene rings is 2. The second-order valence-electron chi connectivity index (χ2n) is 5.69. The lowest BCUT2D eigenvalue weighted by Crippen LogP contribution is -2.17. The summed E-state index contributed by atoms with van der Waals surface area (Å²) in [4.78, 5) is 24.2. The number of nitrogens with zero attached hydrogens (tertiary/aromatic N) is 1. The Bertz CT molecular complexity index is 727. The van der Waals surface area contributed by atoms with Crippen LogP contribution in [0.2, 0.25) is 0 Å². The van der Waals surface area contributed by atoms with Gasteiger partial charge in [0.05, 0.1) is 12.7 Å². The van der Waals surface area contributed by atoms with Gasteiger partial charge in [-0.05, 0) is 42.4 Å². The first kappa shape index (κ1) is 18.5. The highest BCUT2D eigenvalue weighted by Crippen LogP contribution is 2.15. The Hall–Kier alpha value is -2.86. The van der Waals surface area contributed by atoms with Crippen LogP contribution in [0.4, 0.5) is 0 Å². The Morgan fingerprint density at radius 2 is 1.72 bits per heavy atom. The summed E-state index contributed by atoms with van der Waals surface area (Å²) in [6.07, 6.45) is 0. The third-order valence-electron chi connectivity index (χ3n) is 3.59. The van der Waals surface area contributed by atoms with Gasteiger partial charge in [0.15, 0.2) is 6.61 Å². The Morgan fingerprint density at radius 3 is 2.36 bits per heavy atom. The van der Waals surface area contributed by atoms with Crippen molar-refractivity contribution in [3.05, 3.63) is 65.2 Å². The predicted octanol–water partition coefficient (Wildman–Crippen LogP) is 2.57. The lowest BCUT2D eigenvalue weighted by atomic mass is 10.1. The highest BCUT2D eigenvalue weighted by atomic mass is 16.6. The van der Waals surface area contributed by atoms with Crippen LogP contribution in [-0.4, -0.2) is 42.7 Å². The van der Waals surface area contributed by atoms with Crippen LogP contribution in [0, 0.1) is 0 Å². The van der Waals surface area contributed by atoms with Gasteiger partial charge < -0.3 is 14.6 Å². The van der Waals surface area contributed by atoms with E-state index in [-0.39, 0.29) is 12.2 Å². The van der Waals surface area contributed by atoms with E-state index in [1.165, 1.54) is 7.11 Å². The number of carboxylic acids is 1. The number of carboxylic acid groups (broad SMARTS) is 1. The monoisotopic (exact) mass is 343 g/mol. The third kappa shape index (κ3) is 5.93. The molecule has 0 atom stereocenters. The van der Waals surface area contributed by atoms with E-state index < -0.39 is 11.9 Å². The molecule has 6 heteroatoms. The van der Waals surface area contributed by atoms with Crippen LogP contribution < -0.4 is 4.74 Å². The number of ether oxygens (including phenoxy) is 2. The Kier molecular flexibility index (Phi) is 6.54. The number of hydrogen-bond acceptors (Lipinski definition) is 5. The lowest BCUT2D eigenvalue weighted by Gasteiger charge is -2.17. The molecule has 6 nitrogen and oxygen atoms in total. The van der Waals surface area contributed by atoms with E-state index in [0.29, 0.717) is 18.8 Å². The summed E-state index contributed by atoms with van der Waals surface area (Å²) < 4.78 is 9.83. The van der Waals surface area contributed by atoms with Crippen LogP contribution in [0.1, 0.15) is 21.5 Å². The molecule has 0 aliphatic heterocycles. The summed E-state index contributed by atoms with van der Waals surface area (Å²) in [5, 5.41) is 9.04. The van der Waals surface area contributed by atoms with E-state index in [1.807, 2.05) is 25.2 Å². The van der Waals surface area contributed by atoms with E-state index in [2.05, 4.69) is 9.64 Å². The van der Waals surface area contributed by atoms with Gasteiger partial charge in [-0.25, -0.2) is 9.59 Å². The zero-order valence-electron chi connectivity index (χ0n) is 14.3. The van der Waals surface area contributed by atoms with E-state index in [9.17, 15) is 9.59 Å². The number of rotatable bonds is 8. The van der Waals surface area contributed by atoms with Crippen molar-refractivity contribution in [1.29, 1.82) is 0 Å². The topological polar surface area (TPSA) is 76.1 Å². The van der Waals surface area contributed by atoms with E-state index in [0.717, 1.165) is 11.1 Å². The molecule has 0 unspecified atom stereocenters. The molecular weight excluding hydrogens is 322 g/mol. The number of carbonyl (C=O) groups is 2. The Balaban J connectivity index is 1.90. The smallest absolute Gasteiger partial charge is 0.343 e. The molecule has 0 fully saturated rings. The number of aromatic carboxylic acids is 1. The molecular formula is C19H21NO5. The molecule has 25 heavy (non-hydrogen) atoms. The predicted molar refractivity (Wildman–Crippen MR) is 92.5 cm³/mol. The number of methoxy groups -OCH3 is 1. The van der Waals surface area contributed by atoms with Crippen molar-refractivity contribution in [3.8, 4) is 5.75 Å². The van der Waals surface area contributed by atoms with Crippen molar-refractivity contribution in [2.24, 2.45) is 0 Å². The molecule has 2 aromatic carbocycles. The SMILES string of the molecule is COC(=O)COc1ccc(CN(C)Cc2cccc(C(=O)O)c2)cc1. The van der Waals surface area contributed by atoms with Gasteiger partial charge in [-0.2, -0.15) is 0 Å². The van der Waals surface area contributed by atoms with Gasteiger partial charge in [-0.15, -0.1) is 0 Å². The summed E-state index contributed by atoms with van der Waals surface area (Å²) in [5.74, 6) is -0.745. The third-order valence-corrected chi connectivity index (χ3v) is 3.59. The van der Waals surface area contributed by atoms with Gasteiger partial charge in [-0.1, -0.05) is 24.3 Å². The zero-order valence-corrected chi connectivity index (χ0v) is 14.3. The van der Waals surface area contributed by atoms with Gasteiger partial charge in [0.1, 0.15) is 5.75 Å². The molecule has 0 aromatic heterocycles. The number of carbonyl (C=O) groups excluding carboxylic acids is 1. The molecule has 0 spiro atoms. The first-order valence-electron chi connectivity index (χ1n) is 7.77. The molecule has 0 saturated heterocycles. The molecule has 2 aromatic rings. The summed E-state index contributed by atoms with van der Waals surface area (Å²) in [7, 11) is 3.28. The van der Waals surface area contributed by atoms with Gasteiger partial charge in [-0.3, -0.25) is 4.90 Å². The Morgan fingerprint density at radius 1 is 1.04 bits per heavy atom. The molecule has 0 heterocycles. The first-order valence-corrected chi connectivity index (χ1v) is 7.77. The van der Waals surface area contributed by atoms with Crippen molar-refractivity contribution in [1.82, 2.24) is 4.90 Å². The van der Waals surface area contributed by atoms with Crippen molar-refractivity contribution < 1.29 is 24.2 Å². The minimum atomic E-state index is -0.924. The molecule has 0 saturated carbocycles. The second kappa shape index (κ2) is 8.84. The second-order valence-corrected chi connectivity index (χ2v) is 5.69. The number of esters is 1. The van der Waals surface area contributed by atoms with Crippen LogP contribution in [0.25, 0.3) is 0 Å². The molecule has 0 aliphatic rings. The summed E-state index contributed by atoms with van der Waals surface area (Å²) in [6, 6.07) is 14.4. The summed E-state index contributed by atoms with van der Waals surface area (Å²) in [6.45, 7) is 1.23. The van der Waals surface area contributed by atoms with Crippen LogP contribution in [0.3, 0.4) is 0 Å². The minimum absolute atomic E-state index is 0.115. The summed E-state index contributed by atoms with van der Waals surface area (Å²) in [5.41, 5.74) is 2.32. The largest absolute Gasteiger partial charge is 0.482 e. The maximum Gasteiger partial charge on any atom is 0.343 e. The maximum absolute atomic E-state index is 11.0.